The van der Waals surface area contributed by atoms with E-state index < -0.39 is 60.2 Å². The average molecular weight is 454 g/mol. The van der Waals surface area contributed by atoms with E-state index in [1.54, 1.807) is 13.8 Å². The van der Waals surface area contributed by atoms with Crippen LogP contribution in [0.3, 0.4) is 0 Å². The molecule has 4 amide bonds. The van der Waals surface area contributed by atoms with Crippen LogP contribution in [0.25, 0.3) is 0 Å². The fourth-order valence-electron chi connectivity index (χ4n) is 2.78. The second kappa shape index (κ2) is 12.4. The van der Waals surface area contributed by atoms with Crippen molar-refractivity contribution in [3.05, 3.63) is 18.2 Å². The second-order valence-electron chi connectivity index (χ2n) is 7.88. The lowest BCUT2D eigenvalue weighted by molar-refractivity contribution is -0.142. The minimum atomic E-state index is -1.37. The Morgan fingerprint density at radius 3 is 2.16 bits per heavy atom. The van der Waals surface area contributed by atoms with Crippen molar-refractivity contribution >= 4 is 29.6 Å². The lowest BCUT2D eigenvalue weighted by Gasteiger charge is -2.23. The zero-order valence-corrected chi connectivity index (χ0v) is 18.3. The Kier molecular flexibility index (Phi) is 10.3. The number of nitrogens with zero attached hydrogens (tertiary/aromatic N) is 1. The van der Waals surface area contributed by atoms with Crippen LogP contribution >= 0.6 is 0 Å². The number of imidazole rings is 1. The number of aliphatic carboxylic acids is 1. The molecule has 13 heteroatoms. The third-order valence-electron chi connectivity index (χ3n) is 4.44. The first-order valence-corrected chi connectivity index (χ1v) is 10.1. The molecule has 1 aromatic rings. The summed E-state index contributed by atoms with van der Waals surface area (Å²) >= 11 is 0. The molecule has 0 aromatic carbocycles. The number of hydrogen-bond acceptors (Lipinski definition) is 7. The number of carboxylic acid groups (broad SMARTS) is 1. The molecule has 32 heavy (non-hydrogen) atoms. The van der Waals surface area contributed by atoms with E-state index >= 15 is 0 Å². The predicted octanol–water partition coefficient (Wildman–Crippen LogP) is -2.24. The highest BCUT2D eigenvalue weighted by Gasteiger charge is 2.29. The van der Waals surface area contributed by atoms with Crippen LogP contribution in [0.1, 0.15) is 39.3 Å². The second-order valence-corrected chi connectivity index (χ2v) is 7.88. The highest BCUT2D eigenvalue weighted by Crippen LogP contribution is 2.05. The maximum Gasteiger partial charge on any atom is 0.326 e. The summed E-state index contributed by atoms with van der Waals surface area (Å²) in [5.41, 5.74) is 11.6. The molecule has 0 saturated heterocycles. The molecule has 0 aliphatic heterocycles. The standard InChI is InChI=1S/C19H31N7O6/c1-9(2)4-14(19(31)32)26-16(28)10(3)24-18(30)13(6-15(21)27)25-17(29)12(20)5-11-7-22-8-23-11/h7-10,12-14H,4-6,20H2,1-3H3,(H2,21,27)(H,22,23)(H,24,30)(H,25,29)(H,26,28)(H,31,32). The van der Waals surface area contributed by atoms with Gasteiger partial charge in [-0.2, -0.15) is 0 Å². The zero-order valence-electron chi connectivity index (χ0n) is 18.3. The molecule has 0 radical (unpaired) electrons. The van der Waals surface area contributed by atoms with E-state index in [4.69, 9.17) is 11.5 Å². The van der Waals surface area contributed by atoms with Crippen LogP contribution < -0.4 is 27.4 Å². The van der Waals surface area contributed by atoms with Gasteiger partial charge >= 0.3 is 5.97 Å². The van der Waals surface area contributed by atoms with Crippen molar-refractivity contribution in [1.29, 1.82) is 0 Å². The minimum Gasteiger partial charge on any atom is -0.480 e. The highest BCUT2D eigenvalue weighted by molar-refractivity contribution is 5.96. The van der Waals surface area contributed by atoms with Gasteiger partial charge in [0.05, 0.1) is 18.8 Å². The lowest BCUT2D eigenvalue weighted by Crippen LogP contribution is -2.57. The van der Waals surface area contributed by atoms with Crippen molar-refractivity contribution in [3.8, 4) is 0 Å². The molecule has 0 spiro atoms. The molecular weight excluding hydrogens is 422 g/mol. The van der Waals surface area contributed by atoms with Crippen molar-refractivity contribution in [2.24, 2.45) is 17.4 Å². The molecule has 9 N–H and O–H groups in total. The SMILES string of the molecule is CC(C)CC(NC(=O)C(C)NC(=O)C(CC(N)=O)NC(=O)C(N)Cc1cnc[nH]1)C(=O)O. The summed E-state index contributed by atoms with van der Waals surface area (Å²) in [7, 11) is 0. The molecule has 0 fully saturated rings. The monoisotopic (exact) mass is 453 g/mol. The molecule has 1 heterocycles. The Bertz CT molecular complexity index is 811. The van der Waals surface area contributed by atoms with Gasteiger partial charge in [-0.15, -0.1) is 0 Å². The molecule has 4 atom stereocenters. The highest BCUT2D eigenvalue weighted by atomic mass is 16.4. The summed E-state index contributed by atoms with van der Waals surface area (Å²) in [4.78, 5) is 66.6. The van der Waals surface area contributed by atoms with Gasteiger partial charge in [0.25, 0.3) is 0 Å². The fourth-order valence-corrected chi connectivity index (χ4v) is 2.78. The zero-order chi connectivity index (χ0) is 24.4. The molecule has 1 aromatic heterocycles. The van der Waals surface area contributed by atoms with Crippen molar-refractivity contribution < 1.29 is 29.1 Å². The Balaban J connectivity index is 2.75. The van der Waals surface area contributed by atoms with E-state index in [1.807, 2.05) is 0 Å². The minimum absolute atomic E-state index is 0.0161. The molecule has 4 unspecified atom stereocenters. The van der Waals surface area contributed by atoms with Crippen LogP contribution in [0.4, 0.5) is 0 Å². The first-order chi connectivity index (χ1) is 14.9. The van der Waals surface area contributed by atoms with Crippen LogP contribution in [0, 0.1) is 5.92 Å². The van der Waals surface area contributed by atoms with E-state index in [0.717, 1.165) is 0 Å². The Labute approximate surface area is 185 Å². The summed E-state index contributed by atoms with van der Waals surface area (Å²) < 4.78 is 0. The predicted molar refractivity (Wildman–Crippen MR) is 113 cm³/mol. The Hall–Kier alpha value is -3.48. The van der Waals surface area contributed by atoms with Crippen molar-refractivity contribution in [1.82, 2.24) is 25.9 Å². The molecule has 1 rings (SSSR count). The molecule has 0 aliphatic rings. The fraction of sp³-hybridized carbons (Fsp3) is 0.579. The summed E-state index contributed by atoms with van der Waals surface area (Å²) in [5, 5.41) is 16.3. The third kappa shape index (κ3) is 9.12. The van der Waals surface area contributed by atoms with Gasteiger partial charge in [-0.25, -0.2) is 9.78 Å². The summed E-state index contributed by atoms with van der Waals surface area (Å²) in [5.74, 6) is -4.32. The van der Waals surface area contributed by atoms with Crippen LogP contribution in [0.15, 0.2) is 12.5 Å². The van der Waals surface area contributed by atoms with E-state index in [1.165, 1.54) is 19.4 Å². The summed E-state index contributed by atoms with van der Waals surface area (Å²) in [6.07, 6.45) is 2.71. The number of primary amides is 1. The molecule has 0 bridgehead atoms. The van der Waals surface area contributed by atoms with Crippen molar-refractivity contribution in [2.75, 3.05) is 0 Å². The number of carbonyl (C=O) groups excluding carboxylic acids is 4. The topological polar surface area (TPSA) is 222 Å². The number of nitrogens with one attached hydrogen (secondary N) is 4. The number of hydrogen-bond donors (Lipinski definition) is 7. The smallest absolute Gasteiger partial charge is 0.326 e. The number of amides is 4. The summed E-state index contributed by atoms with van der Waals surface area (Å²) in [6.45, 7) is 4.96. The van der Waals surface area contributed by atoms with Crippen molar-refractivity contribution in [3.63, 3.8) is 0 Å². The molecule has 178 valence electrons. The van der Waals surface area contributed by atoms with Crippen molar-refractivity contribution in [2.45, 2.75) is 64.2 Å². The Morgan fingerprint density at radius 2 is 1.66 bits per heavy atom. The average Bonchev–Trinajstić information content (AvgIpc) is 3.18. The van der Waals surface area contributed by atoms with Crippen LogP contribution in [0.2, 0.25) is 0 Å². The molecule has 13 nitrogen and oxygen atoms in total. The van der Waals surface area contributed by atoms with E-state index in [2.05, 4.69) is 25.9 Å². The Morgan fingerprint density at radius 1 is 1.03 bits per heavy atom. The molecule has 0 saturated carbocycles. The number of carbonyl (C=O) groups is 5. The molecule has 0 aliphatic carbocycles. The van der Waals surface area contributed by atoms with Gasteiger partial charge in [-0.05, 0) is 19.3 Å². The van der Waals surface area contributed by atoms with E-state index in [-0.39, 0.29) is 18.8 Å². The maximum atomic E-state index is 12.6. The van der Waals surface area contributed by atoms with Gasteiger partial charge in [0.1, 0.15) is 18.1 Å². The molecular formula is C19H31N7O6. The maximum absolute atomic E-state index is 12.6. The summed E-state index contributed by atoms with van der Waals surface area (Å²) in [6, 6.07) is -4.66. The number of aromatic nitrogens is 2. The van der Waals surface area contributed by atoms with Crippen LogP contribution in [-0.4, -0.2) is 68.8 Å². The van der Waals surface area contributed by atoms with Gasteiger partial charge < -0.3 is 37.5 Å². The number of aromatic amines is 1. The number of rotatable bonds is 13. The van der Waals surface area contributed by atoms with Gasteiger partial charge in [0.15, 0.2) is 0 Å². The van der Waals surface area contributed by atoms with Crippen LogP contribution in [-0.2, 0) is 30.4 Å². The largest absolute Gasteiger partial charge is 0.480 e. The lowest BCUT2D eigenvalue weighted by atomic mass is 10.0. The third-order valence-corrected chi connectivity index (χ3v) is 4.44. The van der Waals surface area contributed by atoms with Gasteiger partial charge in [0, 0.05) is 18.3 Å². The normalized spacial score (nSPS) is 14.7. The van der Waals surface area contributed by atoms with E-state index in [0.29, 0.717) is 5.69 Å². The number of carboxylic acids is 1. The van der Waals surface area contributed by atoms with E-state index in [9.17, 15) is 29.1 Å². The quantitative estimate of drug-likeness (QED) is 0.172. The van der Waals surface area contributed by atoms with Gasteiger partial charge in [0.2, 0.25) is 23.6 Å². The van der Waals surface area contributed by atoms with Gasteiger partial charge in [-0.3, -0.25) is 19.2 Å². The van der Waals surface area contributed by atoms with Gasteiger partial charge in [-0.1, -0.05) is 13.8 Å². The van der Waals surface area contributed by atoms with Crippen LogP contribution in [0.5, 0.6) is 0 Å². The number of nitrogens with two attached hydrogens (primary N) is 2. The first-order valence-electron chi connectivity index (χ1n) is 10.1. The first kappa shape index (κ1) is 26.6. The number of H-pyrrole nitrogens is 1.